The van der Waals surface area contributed by atoms with Gasteiger partial charge in [0.2, 0.25) is 0 Å². The number of benzene rings is 1. The summed E-state index contributed by atoms with van der Waals surface area (Å²) >= 11 is 2.26. The molecule has 0 saturated carbocycles. The van der Waals surface area contributed by atoms with Crippen LogP contribution >= 0.6 is 22.6 Å². The van der Waals surface area contributed by atoms with Gasteiger partial charge in [-0.1, -0.05) is 0 Å². The van der Waals surface area contributed by atoms with Gasteiger partial charge in [-0.15, -0.1) is 0 Å². The molecule has 2 nitrogen and oxygen atoms in total. The number of hydrogen-bond acceptors (Lipinski definition) is 2. The minimum Gasteiger partial charge on any atom is -0.496 e. The van der Waals surface area contributed by atoms with Gasteiger partial charge in [-0.3, -0.25) is 0 Å². The molecule has 0 radical (unpaired) electrons. The average molecular weight is 277 g/mol. The number of anilines is 1. The van der Waals surface area contributed by atoms with E-state index >= 15 is 0 Å². The summed E-state index contributed by atoms with van der Waals surface area (Å²) < 4.78 is 6.34. The first-order valence-corrected chi connectivity index (χ1v) is 4.74. The van der Waals surface area contributed by atoms with Crippen molar-refractivity contribution in [2.75, 3.05) is 26.1 Å². The van der Waals surface area contributed by atoms with Crippen molar-refractivity contribution in [1.82, 2.24) is 0 Å². The molecule has 0 heterocycles. The summed E-state index contributed by atoms with van der Waals surface area (Å²) in [7, 11) is 5.72. The van der Waals surface area contributed by atoms with Crippen LogP contribution in [0.2, 0.25) is 0 Å². The second-order valence-electron chi connectivity index (χ2n) is 2.71. The molecule has 0 N–H and O–H groups in total. The summed E-state index contributed by atoms with van der Waals surface area (Å²) in [4.78, 5) is 2.05. The summed E-state index contributed by atoms with van der Waals surface area (Å²) in [5.74, 6) is 0.932. The summed E-state index contributed by atoms with van der Waals surface area (Å²) in [6, 6.07) is 6.15. The van der Waals surface area contributed by atoms with Crippen molar-refractivity contribution >= 4 is 28.3 Å². The van der Waals surface area contributed by atoms with Crippen LogP contribution in [0, 0.1) is 3.57 Å². The third kappa shape index (κ3) is 2.03. The largest absolute Gasteiger partial charge is 0.496 e. The standard InChI is InChI=1S/C9H12INO/c1-11(2)7-4-5-8(10)9(6-7)12-3/h4-6H,1-3H3. The van der Waals surface area contributed by atoms with Crippen LogP contribution < -0.4 is 9.64 Å². The summed E-state index contributed by atoms with van der Waals surface area (Å²) in [5.41, 5.74) is 1.16. The second-order valence-corrected chi connectivity index (χ2v) is 3.88. The first kappa shape index (κ1) is 9.64. The zero-order valence-corrected chi connectivity index (χ0v) is 9.62. The molecule has 0 aliphatic heterocycles. The van der Waals surface area contributed by atoms with E-state index in [0.717, 1.165) is 15.0 Å². The van der Waals surface area contributed by atoms with E-state index in [0.29, 0.717) is 0 Å². The average Bonchev–Trinajstić information content (AvgIpc) is 2.05. The van der Waals surface area contributed by atoms with Gasteiger partial charge < -0.3 is 9.64 Å². The SMILES string of the molecule is COc1cc(N(C)C)ccc1I. The van der Waals surface area contributed by atoms with Crippen molar-refractivity contribution in [3.63, 3.8) is 0 Å². The van der Waals surface area contributed by atoms with E-state index in [1.807, 2.05) is 20.2 Å². The Hall–Kier alpha value is -0.450. The molecule has 0 fully saturated rings. The molecule has 0 unspecified atom stereocenters. The predicted octanol–water partition coefficient (Wildman–Crippen LogP) is 2.37. The van der Waals surface area contributed by atoms with Crippen molar-refractivity contribution in [2.24, 2.45) is 0 Å². The van der Waals surface area contributed by atoms with Gasteiger partial charge in [-0.25, -0.2) is 0 Å². The fraction of sp³-hybridized carbons (Fsp3) is 0.333. The smallest absolute Gasteiger partial charge is 0.134 e. The monoisotopic (exact) mass is 277 g/mol. The Morgan fingerprint density at radius 2 is 2.00 bits per heavy atom. The predicted molar refractivity (Wildman–Crippen MR) is 60.0 cm³/mol. The van der Waals surface area contributed by atoms with E-state index in [-0.39, 0.29) is 0 Å². The lowest BCUT2D eigenvalue weighted by molar-refractivity contribution is 0.412. The van der Waals surface area contributed by atoms with E-state index in [2.05, 4.69) is 39.6 Å². The molecule has 1 aromatic carbocycles. The first-order chi connectivity index (χ1) is 5.65. The number of hydrogen-bond donors (Lipinski definition) is 0. The molecular weight excluding hydrogens is 265 g/mol. The van der Waals surface area contributed by atoms with Crippen molar-refractivity contribution in [3.05, 3.63) is 21.8 Å². The summed E-state index contributed by atoms with van der Waals surface area (Å²) in [6.45, 7) is 0. The molecule has 0 atom stereocenters. The van der Waals surface area contributed by atoms with E-state index < -0.39 is 0 Å². The molecule has 0 aromatic heterocycles. The molecule has 0 aliphatic carbocycles. The maximum Gasteiger partial charge on any atom is 0.134 e. The second kappa shape index (κ2) is 3.98. The van der Waals surface area contributed by atoms with Crippen molar-refractivity contribution in [2.45, 2.75) is 0 Å². The van der Waals surface area contributed by atoms with Gasteiger partial charge in [-0.2, -0.15) is 0 Å². The first-order valence-electron chi connectivity index (χ1n) is 3.66. The minimum absolute atomic E-state index is 0.932. The zero-order chi connectivity index (χ0) is 9.14. The lowest BCUT2D eigenvalue weighted by Crippen LogP contribution is -2.08. The van der Waals surface area contributed by atoms with Gasteiger partial charge in [0.05, 0.1) is 10.7 Å². The molecule has 12 heavy (non-hydrogen) atoms. The molecule has 1 aromatic rings. The molecular formula is C9H12INO. The van der Waals surface area contributed by atoms with E-state index in [1.54, 1.807) is 7.11 Å². The topological polar surface area (TPSA) is 12.5 Å². The van der Waals surface area contributed by atoms with Crippen molar-refractivity contribution < 1.29 is 4.74 Å². The van der Waals surface area contributed by atoms with Gasteiger partial charge in [-0.05, 0) is 34.7 Å². The lowest BCUT2D eigenvalue weighted by atomic mass is 10.3. The third-order valence-electron chi connectivity index (χ3n) is 1.65. The van der Waals surface area contributed by atoms with Crippen LogP contribution in [0.25, 0.3) is 0 Å². The van der Waals surface area contributed by atoms with E-state index in [4.69, 9.17) is 4.74 Å². The maximum atomic E-state index is 5.20. The number of halogens is 1. The minimum atomic E-state index is 0.932. The van der Waals surface area contributed by atoms with Crippen LogP contribution in [0.4, 0.5) is 5.69 Å². The molecule has 1 rings (SSSR count). The van der Waals surface area contributed by atoms with Crippen LogP contribution in [0.1, 0.15) is 0 Å². The Balaban J connectivity index is 3.05. The molecule has 66 valence electrons. The quantitative estimate of drug-likeness (QED) is 0.769. The molecule has 3 heteroatoms. The fourth-order valence-electron chi connectivity index (χ4n) is 0.927. The Morgan fingerprint density at radius 3 is 2.50 bits per heavy atom. The molecule has 0 aliphatic rings. The third-order valence-corrected chi connectivity index (χ3v) is 2.54. The van der Waals surface area contributed by atoms with Crippen molar-refractivity contribution in [3.8, 4) is 5.75 Å². The van der Waals surface area contributed by atoms with Gasteiger partial charge in [0, 0.05) is 25.8 Å². The van der Waals surface area contributed by atoms with Crippen molar-refractivity contribution in [1.29, 1.82) is 0 Å². The van der Waals surface area contributed by atoms with Crippen LogP contribution in [-0.4, -0.2) is 21.2 Å². The van der Waals surface area contributed by atoms with Gasteiger partial charge in [0.15, 0.2) is 0 Å². The Labute approximate surface area is 86.7 Å². The van der Waals surface area contributed by atoms with Crippen LogP contribution in [0.3, 0.4) is 0 Å². The van der Waals surface area contributed by atoms with Gasteiger partial charge in [0.25, 0.3) is 0 Å². The van der Waals surface area contributed by atoms with Crippen LogP contribution in [0.5, 0.6) is 5.75 Å². The number of ether oxygens (including phenoxy) is 1. The number of rotatable bonds is 2. The highest BCUT2D eigenvalue weighted by molar-refractivity contribution is 14.1. The summed E-state index contributed by atoms with van der Waals surface area (Å²) in [6.07, 6.45) is 0. The van der Waals surface area contributed by atoms with Gasteiger partial charge >= 0.3 is 0 Å². The zero-order valence-electron chi connectivity index (χ0n) is 7.47. The van der Waals surface area contributed by atoms with Gasteiger partial charge in [0.1, 0.15) is 5.75 Å². The maximum absolute atomic E-state index is 5.20. The highest BCUT2D eigenvalue weighted by Gasteiger charge is 2.01. The Kier molecular flexibility index (Phi) is 3.20. The van der Waals surface area contributed by atoms with E-state index in [9.17, 15) is 0 Å². The molecule has 0 spiro atoms. The van der Waals surface area contributed by atoms with Crippen LogP contribution in [-0.2, 0) is 0 Å². The number of methoxy groups -OCH3 is 1. The summed E-state index contributed by atoms with van der Waals surface area (Å²) in [5, 5.41) is 0. The molecule has 0 amide bonds. The van der Waals surface area contributed by atoms with Crippen LogP contribution in [0.15, 0.2) is 18.2 Å². The fourth-order valence-corrected chi connectivity index (χ4v) is 1.48. The Bertz CT molecular complexity index is 273. The Morgan fingerprint density at radius 1 is 1.33 bits per heavy atom. The number of nitrogens with zero attached hydrogens (tertiary/aromatic N) is 1. The molecule has 0 saturated heterocycles. The highest BCUT2D eigenvalue weighted by Crippen LogP contribution is 2.25. The van der Waals surface area contributed by atoms with E-state index in [1.165, 1.54) is 0 Å². The lowest BCUT2D eigenvalue weighted by Gasteiger charge is -2.13. The molecule has 0 bridgehead atoms. The normalized spacial score (nSPS) is 9.67. The highest BCUT2D eigenvalue weighted by atomic mass is 127.